The molecule has 0 nitrogen and oxygen atoms in total. The number of benzene rings is 2. The van der Waals surface area contributed by atoms with Crippen molar-refractivity contribution < 1.29 is 51.0 Å². The maximum Gasteiger partial charge on any atom is 2.00 e. The summed E-state index contributed by atoms with van der Waals surface area (Å²) in [5.41, 5.74) is 10.9. The first kappa shape index (κ1) is 41.2. The van der Waals surface area contributed by atoms with Gasteiger partial charge in [0.1, 0.15) is 0 Å². The van der Waals surface area contributed by atoms with Gasteiger partial charge in [0.15, 0.2) is 0 Å². The molecule has 5 heteroatoms. The van der Waals surface area contributed by atoms with Crippen molar-refractivity contribution >= 4 is 34.7 Å². The number of aryl methyl sites for hydroxylation is 2. The minimum Gasteiger partial charge on any atom is -1.00 e. The van der Waals surface area contributed by atoms with E-state index in [-0.39, 0.29) is 69.4 Å². The molecule has 0 aliphatic heterocycles. The number of allylic oxidation sites excluding steroid dienone is 6. The second-order valence-corrected chi connectivity index (χ2v) is 9.15. The van der Waals surface area contributed by atoms with E-state index in [1.54, 1.807) is 0 Å². The van der Waals surface area contributed by atoms with Gasteiger partial charge in [-0.1, -0.05) is 98.8 Å². The molecule has 216 valence electrons. The first-order valence-electron chi connectivity index (χ1n) is 12.3. The molecule has 0 fully saturated rings. The zero-order chi connectivity index (χ0) is 25.3. The normalized spacial score (nSPS) is 14.9. The van der Waals surface area contributed by atoms with Crippen LogP contribution in [0, 0.1) is 27.7 Å². The van der Waals surface area contributed by atoms with Crippen molar-refractivity contribution in [2.45, 2.75) is 25.7 Å². The Balaban J connectivity index is 0. The molecule has 0 N–H and O–H groups in total. The zero-order valence-electron chi connectivity index (χ0n) is 23.2. The molecule has 0 amide bonds. The minimum atomic E-state index is 0. The Kier molecular flexibility index (Phi) is 21.0. The Morgan fingerprint density at radius 2 is 0.951 bits per heavy atom. The van der Waals surface area contributed by atoms with Gasteiger partial charge in [-0.3, -0.25) is 6.38 Å². The van der Waals surface area contributed by atoms with Gasteiger partial charge < -0.3 is 43.8 Å². The molecule has 0 aromatic heterocycles. The summed E-state index contributed by atoms with van der Waals surface area (Å²) in [5.74, 6) is 0.768. The number of rotatable bonds is 2. The van der Waals surface area contributed by atoms with Crippen LogP contribution in [-0.4, -0.2) is 11.0 Å². The maximum absolute atomic E-state index is 4.39. The van der Waals surface area contributed by atoms with Crippen LogP contribution in [0.3, 0.4) is 0 Å². The fourth-order valence-electron chi connectivity index (χ4n) is 5.00. The van der Waals surface area contributed by atoms with Gasteiger partial charge in [0, 0.05) is 0 Å². The first-order valence-corrected chi connectivity index (χ1v) is 12.8. The van der Waals surface area contributed by atoms with Crippen molar-refractivity contribution in [2.24, 2.45) is 0 Å². The molecule has 0 saturated heterocycles. The van der Waals surface area contributed by atoms with E-state index in [9.17, 15) is 0 Å². The smallest absolute Gasteiger partial charge is 1.00 e. The van der Waals surface area contributed by atoms with Crippen LogP contribution >= 0.6 is 11.6 Å². The van der Waals surface area contributed by atoms with Crippen LogP contribution in [0.5, 0.6) is 0 Å². The summed E-state index contributed by atoms with van der Waals surface area (Å²) >= 11 is 4.39. The molecule has 41 heavy (non-hydrogen) atoms. The van der Waals surface area contributed by atoms with E-state index < -0.39 is 0 Å². The Morgan fingerprint density at radius 3 is 1.29 bits per heavy atom. The van der Waals surface area contributed by atoms with Crippen molar-refractivity contribution in [3.8, 4) is 0 Å². The molecule has 2 unspecified atom stereocenters. The molecule has 2 aliphatic carbocycles. The van der Waals surface area contributed by atoms with Gasteiger partial charge in [-0.25, -0.2) is 0 Å². The third-order valence-electron chi connectivity index (χ3n) is 6.57. The van der Waals surface area contributed by atoms with E-state index in [0.717, 1.165) is 0 Å². The molecule has 0 saturated carbocycles. The number of hydrogen-bond acceptors (Lipinski definition) is 0. The van der Waals surface area contributed by atoms with Crippen LogP contribution < -0.4 is 24.8 Å². The van der Waals surface area contributed by atoms with E-state index >= 15 is 0 Å². The molecule has 6 rings (SSSR count). The average Bonchev–Trinajstić information content (AvgIpc) is 3.33. The van der Waals surface area contributed by atoms with Crippen LogP contribution in [0.1, 0.15) is 56.3 Å². The Labute approximate surface area is 289 Å². The van der Waals surface area contributed by atoms with Crippen molar-refractivity contribution in [2.75, 3.05) is 0 Å². The molecule has 2 aliphatic rings. The maximum atomic E-state index is 4.39. The zero-order valence-corrected chi connectivity index (χ0v) is 27.9. The first-order chi connectivity index (χ1) is 17.7. The van der Waals surface area contributed by atoms with E-state index in [1.807, 2.05) is 0 Å². The summed E-state index contributed by atoms with van der Waals surface area (Å²) in [6.45, 7) is 4.32. The second kappa shape index (κ2) is 20.9. The van der Waals surface area contributed by atoms with Crippen LogP contribution in [0.25, 0.3) is 12.2 Å². The second-order valence-electron chi connectivity index (χ2n) is 9.15. The Bertz CT molecular complexity index is 1270. The molecule has 0 heterocycles. The molecule has 0 radical (unpaired) electrons. The molecule has 4 aromatic rings. The van der Waals surface area contributed by atoms with Crippen LogP contribution in [-0.2, 0) is 26.2 Å². The van der Waals surface area contributed by atoms with Crippen molar-refractivity contribution in [3.05, 3.63) is 180 Å². The Hall–Kier alpha value is -1.93. The molecule has 0 bridgehead atoms. The number of halogens is 3. The van der Waals surface area contributed by atoms with Gasteiger partial charge in [-0.15, -0.1) is 47.6 Å². The summed E-state index contributed by atoms with van der Waals surface area (Å²) < 4.78 is 0. The van der Waals surface area contributed by atoms with E-state index in [4.69, 9.17) is 0 Å². The van der Waals surface area contributed by atoms with Crippen molar-refractivity contribution in [1.29, 1.82) is 0 Å². The topological polar surface area (TPSA) is 0 Å². The van der Waals surface area contributed by atoms with Gasteiger partial charge in [0.25, 0.3) is 0 Å². The summed E-state index contributed by atoms with van der Waals surface area (Å²) in [4.78, 5) is 0. The fraction of sp³-hybridized carbons (Fsp3) is 0.111. The van der Waals surface area contributed by atoms with Gasteiger partial charge in [-0.2, -0.15) is 34.4 Å². The van der Waals surface area contributed by atoms with Crippen LogP contribution in [0.4, 0.5) is 0 Å². The van der Waals surface area contributed by atoms with Crippen molar-refractivity contribution in [3.63, 3.8) is 0 Å². The van der Waals surface area contributed by atoms with Gasteiger partial charge in [0.05, 0.1) is 0 Å². The minimum absolute atomic E-state index is 0. The summed E-state index contributed by atoms with van der Waals surface area (Å²) in [7, 11) is 0. The summed E-state index contributed by atoms with van der Waals surface area (Å²) in [5, 5.41) is 0. The largest absolute Gasteiger partial charge is 2.00 e. The van der Waals surface area contributed by atoms with Crippen LogP contribution in [0.15, 0.2) is 121 Å². The predicted octanol–water partition coefficient (Wildman–Crippen LogP) is 2.88. The van der Waals surface area contributed by atoms with Crippen LogP contribution in [0.2, 0.25) is 0 Å². The van der Waals surface area contributed by atoms with Crippen molar-refractivity contribution in [1.82, 2.24) is 0 Å². The average molecular weight is 697 g/mol. The standard InChI is InChI=1S/2C17H15.CH2Cl.CH3.2ClH.H4Si.Zr/c2*1-13-11-15-9-5-6-10-16(17(15)12-13)14-7-3-2-4-8-14;1-2;;;;;/h2*2-12,16H,1H3;1H2;1H3;2*1H;1H4;/q4*-1;;;;+2/p-2. The number of fused-ring (bicyclic) bond motifs is 2. The molecule has 2 atom stereocenters. The SMILES string of the molecule is Cc1cc2c([cH-]1)C=CC=CC2c1ccccc1.Cc1cc2c([cH-]1)C=CC=CC2c1ccccc1.[CH2-]Cl.[CH3-].[Cl-].[Cl-].[SiH4].[Zr+2]. The van der Waals surface area contributed by atoms with Gasteiger partial charge in [0.2, 0.25) is 0 Å². The van der Waals surface area contributed by atoms with E-state index in [2.05, 4.69) is 165 Å². The third kappa shape index (κ3) is 10.7. The monoisotopic (exact) mass is 694 g/mol. The molecular weight excluding hydrogens is 658 g/mol. The molecule has 0 spiro atoms. The predicted molar refractivity (Wildman–Crippen MR) is 175 cm³/mol. The quantitative estimate of drug-likeness (QED) is 0.224. The third-order valence-corrected chi connectivity index (χ3v) is 6.57. The molecule has 4 aromatic carbocycles. The van der Waals surface area contributed by atoms with Gasteiger partial charge in [-0.05, 0) is 33.9 Å². The Morgan fingerprint density at radius 1 is 0.610 bits per heavy atom. The van der Waals surface area contributed by atoms with Gasteiger partial charge >= 0.3 is 26.2 Å². The molecular formula is C36H39Cl3SiZr-4. The fourth-order valence-corrected chi connectivity index (χ4v) is 5.00. The number of hydrogen-bond donors (Lipinski definition) is 0. The van der Waals surface area contributed by atoms with E-state index in [0.29, 0.717) is 11.8 Å². The summed E-state index contributed by atoms with van der Waals surface area (Å²) in [6.07, 6.45) is 20.2. The summed E-state index contributed by atoms with van der Waals surface area (Å²) in [6, 6.07) is 30.5. The van der Waals surface area contributed by atoms with E-state index in [1.165, 1.54) is 44.5 Å².